The molecule has 0 unspecified atom stereocenters. The van der Waals surface area contributed by atoms with Crippen LogP contribution in [0, 0.1) is 0 Å². The number of unbranched alkanes of at least 4 members (excludes halogenated alkanes) is 3. The molecule has 0 atom stereocenters. The first-order valence-electron chi connectivity index (χ1n) is 9.73. The smallest absolute Gasteiger partial charge is 0.109 e. The van der Waals surface area contributed by atoms with E-state index in [1.54, 1.807) is 0 Å². The molecule has 0 aliphatic rings. The lowest BCUT2D eigenvalue weighted by molar-refractivity contribution is -0.588. The third-order valence-corrected chi connectivity index (χ3v) is 4.33. The Kier molecular flexibility index (Phi) is 9.74. The van der Waals surface area contributed by atoms with Crippen LogP contribution in [0.3, 0.4) is 0 Å². The molecule has 146 valence electrons. The van der Waals surface area contributed by atoms with Crippen LogP contribution in [0.1, 0.15) is 25.7 Å². The molecule has 6 heteroatoms. The number of para-hydroxylation sites is 1. The number of rotatable bonds is 13. The molecule has 1 aromatic carbocycles. The summed E-state index contributed by atoms with van der Waals surface area (Å²) in [6.07, 6.45) is 17.0. The van der Waals surface area contributed by atoms with Gasteiger partial charge < -0.3 is 14.8 Å². The molecule has 0 radical (unpaired) electrons. The van der Waals surface area contributed by atoms with Crippen molar-refractivity contribution in [3.8, 4) is 0 Å². The molecule has 0 aliphatic carbocycles. The molecule has 6 nitrogen and oxygen atoms in total. The van der Waals surface area contributed by atoms with Crippen molar-refractivity contribution in [3.63, 3.8) is 0 Å². The molecule has 0 saturated heterocycles. The molecule has 0 aliphatic heterocycles. The number of hydrogen-bond donors (Lipinski definition) is 1. The molecule has 0 fully saturated rings. The van der Waals surface area contributed by atoms with E-state index in [9.17, 15) is 0 Å². The average Bonchev–Trinajstić information content (AvgIpc) is 3.21. The van der Waals surface area contributed by atoms with E-state index in [2.05, 4.69) is 44.3 Å². The topological polar surface area (TPSA) is 53.3 Å². The summed E-state index contributed by atoms with van der Waals surface area (Å²) >= 11 is 0. The molecule has 0 spiro atoms. The van der Waals surface area contributed by atoms with Gasteiger partial charge in [-0.05, 0) is 31.4 Å². The standard InChI is InChI=1S/C21H32N6/c1-25(18-15-24-26(2)21-10-6-5-7-11-21)17-13-22-12-8-3-4-9-16-27-19-14-23-20-27/h5-7,10-11,13-15,17,19-20,22H,3-4,8-9,12,16,18H2,1-2H3/p+1/b17-13-,24-15+. The van der Waals surface area contributed by atoms with Crippen molar-refractivity contribution in [2.75, 3.05) is 32.2 Å². The Morgan fingerprint density at radius 3 is 2.70 bits per heavy atom. The van der Waals surface area contributed by atoms with E-state index >= 15 is 0 Å². The van der Waals surface area contributed by atoms with E-state index in [-0.39, 0.29) is 0 Å². The summed E-state index contributed by atoms with van der Waals surface area (Å²) in [5, 5.41) is 8.59. The maximum absolute atomic E-state index is 4.46. The first-order chi connectivity index (χ1) is 13.3. The monoisotopic (exact) mass is 369 g/mol. The Morgan fingerprint density at radius 2 is 1.93 bits per heavy atom. The summed E-state index contributed by atoms with van der Waals surface area (Å²) < 4.78 is 2.14. The minimum Gasteiger partial charge on any atom is -0.371 e. The highest BCUT2D eigenvalue weighted by molar-refractivity contribution is 5.62. The van der Waals surface area contributed by atoms with Gasteiger partial charge in [-0.2, -0.15) is 5.10 Å². The van der Waals surface area contributed by atoms with Crippen molar-refractivity contribution < 1.29 is 5.32 Å². The minimum atomic E-state index is 0.787. The zero-order valence-electron chi connectivity index (χ0n) is 16.6. The normalized spacial score (nSPS) is 11.5. The van der Waals surface area contributed by atoms with E-state index < -0.39 is 0 Å². The molecule has 1 aromatic heterocycles. The molecule has 27 heavy (non-hydrogen) atoms. The summed E-state index contributed by atoms with van der Waals surface area (Å²) in [5.41, 5.74) is 1.09. The lowest BCUT2D eigenvalue weighted by atomic mass is 10.2. The number of aryl methyl sites for hydroxylation is 1. The summed E-state index contributed by atoms with van der Waals surface area (Å²) in [6.45, 7) is 3.01. The van der Waals surface area contributed by atoms with Crippen LogP contribution in [0.25, 0.3) is 0 Å². The number of hydrogen-bond acceptors (Lipinski definition) is 4. The number of aromatic nitrogens is 2. The zero-order valence-corrected chi connectivity index (χ0v) is 16.6. The summed E-state index contributed by atoms with van der Waals surface area (Å²) in [5.74, 6) is 0. The predicted molar refractivity (Wildman–Crippen MR) is 113 cm³/mol. The Balaban J connectivity index is 1.47. The van der Waals surface area contributed by atoms with Crippen molar-refractivity contribution in [3.05, 3.63) is 61.5 Å². The first-order valence-corrected chi connectivity index (χ1v) is 9.73. The predicted octanol–water partition coefficient (Wildman–Crippen LogP) is 2.53. The second-order valence-corrected chi connectivity index (χ2v) is 6.68. The lowest BCUT2D eigenvalue weighted by Crippen LogP contribution is -2.78. The van der Waals surface area contributed by atoms with Crippen LogP contribution in [0.2, 0.25) is 0 Å². The van der Waals surface area contributed by atoms with E-state index in [4.69, 9.17) is 0 Å². The van der Waals surface area contributed by atoms with Crippen LogP contribution in [0.15, 0.2) is 66.6 Å². The highest BCUT2D eigenvalue weighted by atomic mass is 15.4. The number of nitrogens with two attached hydrogens (primary N) is 1. The van der Waals surface area contributed by atoms with Gasteiger partial charge in [0.05, 0.1) is 31.3 Å². The molecule has 0 amide bonds. The van der Waals surface area contributed by atoms with Crippen LogP contribution < -0.4 is 10.3 Å². The van der Waals surface area contributed by atoms with Crippen LogP contribution in [-0.2, 0) is 6.54 Å². The summed E-state index contributed by atoms with van der Waals surface area (Å²) in [7, 11) is 4.03. The van der Waals surface area contributed by atoms with Crippen molar-refractivity contribution in [2.45, 2.75) is 32.2 Å². The number of benzene rings is 1. The van der Waals surface area contributed by atoms with Gasteiger partial charge in [0, 0.05) is 39.2 Å². The van der Waals surface area contributed by atoms with E-state index in [1.165, 1.54) is 25.7 Å². The first kappa shape index (κ1) is 20.7. The quantitative estimate of drug-likeness (QED) is 0.335. The lowest BCUT2D eigenvalue weighted by Gasteiger charge is -2.14. The average molecular weight is 370 g/mol. The van der Waals surface area contributed by atoms with Crippen LogP contribution in [0.4, 0.5) is 5.69 Å². The molecule has 2 N–H and O–H groups in total. The molecule has 2 aromatic rings. The Hall–Kier alpha value is -2.60. The number of quaternary nitrogens is 1. The van der Waals surface area contributed by atoms with Gasteiger partial charge in [-0.15, -0.1) is 0 Å². The Morgan fingerprint density at radius 1 is 1.11 bits per heavy atom. The van der Waals surface area contributed by atoms with Gasteiger partial charge in [0.1, 0.15) is 6.20 Å². The van der Waals surface area contributed by atoms with E-state index in [0.717, 1.165) is 25.3 Å². The Bertz CT molecular complexity index is 651. The van der Waals surface area contributed by atoms with Crippen molar-refractivity contribution in [2.24, 2.45) is 5.10 Å². The van der Waals surface area contributed by atoms with E-state index in [0.29, 0.717) is 0 Å². The van der Waals surface area contributed by atoms with Crippen molar-refractivity contribution in [1.82, 2.24) is 14.5 Å². The highest BCUT2D eigenvalue weighted by Gasteiger charge is 1.96. The molecular weight excluding hydrogens is 336 g/mol. The zero-order chi connectivity index (χ0) is 19.2. The highest BCUT2D eigenvalue weighted by Crippen LogP contribution is 2.10. The third-order valence-electron chi connectivity index (χ3n) is 4.33. The third kappa shape index (κ3) is 9.06. The fourth-order valence-electron chi connectivity index (χ4n) is 2.69. The maximum Gasteiger partial charge on any atom is 0.109 e. The van der Waals surface area contributed by atoms with Gasteiger partial charge in [0.15, 0.2) is 0 Å². The van der Waals surface area contributed by atoms with Gasteiger partial charge in [-0.3, -0.25) is 5.01 Å². The van der Waals surface area contributed by atoms with Crippen LogP contribution in [-0.4, -0.2) is 47.9 Å². The molecule has 2 rings (SSSR count). The summed E-state index contributed by atoms with van der Waals surface area (Å²) in [4.78, 5) is 6.19. The fraction of sp³-hybridized carbons (Fsp3) is 0.429. The van der Waals surface area contributed by atoms with E-state index in [1.807, 2.05) is 67.3 Å². The van der Waals surface area contributed by atoms with Crippen LogP contribution >= 0.6 is 0 Å². The van der Waals surface area contributed by atoms with Gasteiger partial charge in [0.25, 0.3) is 0 Å². The number of nitrogens with zero attached hydrogens (tertiary/aromatic N) is 5. The van der Waals surface area contributed by atoms with Gasteiger partial charge in [0.2, 0.25) is 0 Å². The Labute approximate surface area is 163 Å². The van der Waals surface area contributed by atoms with Crippen molar-refractivity contribution >= 4 is 11.9 Å². The van der Waals surface area contributed by atoms with Crippen LogP contribution in [0.5, 0.6) is 0 Å². The molecule has 0 bridgehead atoms. The number of anilines is 1. The largest absolute Gasteiger partial charge is 0.371 e. The molecule has 0 saturated carbocycles. The second kappa shape index (κ2) is 12.7. The summed E-state index contributed by atoms with van der Waals surface area (Å²) in [6, 6.07) is 10.1. The molecular formula is C21H33N6+. The maximum atomic E-state index is 4.46. The number of imidazole rings is 1. The second-order valence-electron chi connectivity index (χ2n) is 6.68. The van der Waals surface area contributed by atoms with Gasteiger partial charge in [-0.25, -0.2) is 4.98 Å². The number of hydrazone groups is 1. The fourth-order valence-corrected chi connectivity index (χ4v) is 2.69. The SMILES string of the molecule is CN(/C=C\[NH2+]CCCCCCn1ccnc1)C/C=N/N(C)c1ccccc1. The minimum absolute atomic E-state index is 0.787. The van der Waals surface area contributed by atoms with Crippen molar-refractivity contribution in [1.29, 1.82) is 0 Å². The molecule has 1 heterocycles. The van der Waals surface area contributed by atoms with Gasteiger partial charge >= 0.3 is 0 Å². The van der Waals surface area contributed by atoms with Gasteiger partial charge in [-0.1, -0.05) is 24.6 Å².